The zero-order valence-corrected chi connectivity index (χ0v) is 12.4. The molecule has 0 spiro atoms. The van der Waals surface area contributed by atoms with Crippen LogP contribution in [0, 0.1) is 6.92 Å². The first-order valence-corrected chi connectivity index (χ1v) is 7.40. The van der Waals surface area contributed by atoms with Crippen molar-refractivity contribution < 1.29 is 9.21 Å². The highest BCUT2D eigenvalue weighted by molar-refractivity contribution is 6.07. The highest BCUT2D eigenvalue weighted by atomic mass is 16.3. The Bertz CT molecular complexity index is 648. The second kappa shape index (κ2) is 5.74. The molecule has 0 aliphatic carbocycles. The third-order valence-electron chi connectivity index (χ3n) is 4.03. The number of carbonyl (C=O) groups excluding carboxylic acids is 1. The molecule has 110 valence electrons. The Kier molecular flexibility index (Phi) is 3.80. The molecule has 1 aliphatic heterocycles. The lowest BCUT2D eigenvalue weighted by Crippen LogP contribution is -2.39. The summed E-state index contributed by atoms with van der Waals surface area (Å²) < 4.78 is 5.26. The van der Waals surface area contributed by atoms with Crippen LogP contribution in [0.4, 0.5) is 5.69 Å². The van der Waals surface area contributed by atoms with E-state index in [1.807, 2.05) is 30.0 Å². The maximum Gasteiger partial charge on any atom is 0.261 e. The van der Waals surface area contributed by atoms with Crippen molar-refractivity contribution in [1.29, 1.82) is 0 Å². The van der Waals surface area contributed by atoms with E-state index in [-0.39, 0.29) is 5.91 Å². The van der Waals surface area contributed by atoms with E-state index in [0.717, 1.165) is 25.2 Å². The number of aryl methyl sites for hydroxylation is 1. The van der Waals surface area contributed by atoms with Gasteiger partial charge in [-0.3, -0.25) is 4.79 Å². The highest BCUT2D eigenvalue weighted by Crippen LogP contribution is 2.34. The van der Waals surface area contributed by atoms with Crippen LogP contribution in [0.3, 0.4) is 0 Å². The van der Waals surface area contributed by atoms with Crippen molar-refractivity contribution in [2.24, 2.45) is 0 Å². The number of amides is 1. The number of rotatable bonds is 3. The number of furan rings is 1. The summed E-state index contributed by atoms with van der Waals surface area (Å²) in [6.45, 7) is 5.57. The zero-order chi connectivity index (χ0) is 14.8. The van der Waals surface area contributed by atoms with Crippen molar-refractivity contribution >= 4 is 11.6 Å². The van der Waals surface area contributed by atoms with Gasteiger partial charge in [0.25, 0.3) is 5.91 Å². The minimum atomic E-state index is 0.0173. The number of fused-ring (bicyclic) bond motifs is 1. The van der Waals surface area contributed by atoms with Gasteiger partial charge in [0.1, 0.15) is 5.76 Å². The SMILES string of the molecule is CCNC1CCN(C(=O)c2ccoc2C)c2ccccc21. The molecule has 0 radical (unpaired) electrons. The molecular formula is C17H20N2O2. The molecule has 0 fully saturated rings. The summed E-state index contributed by atoms with van der Waals surface area (Å²) >= 11 is 0. The minimum absolute atomic E-state index is 0.0173. The zero-order valence-electron chi connectivity index (χ0n) is 12.4. The summed E-state index contributed by atoms with van der Waals surface area (Å²) in [4.78, 5) is 14.6. The summed E-state index contributed by atoms with van der Waals surface area (Å²) in [6, 6.07) is 10.2. The minimum Gasteiger partial charge on any atom is -0.469 e. The summed E-state index contributed by atoms with van der Waals surface area (Å²) in [5, 5.41) is 3.49. The van der Waals surface area contributed by atoms with Crippen molar-refractivity contribution in [3.8, 4) is 0 Å². The van der Waals surface area contributed by atoms with E-state index < -0.39 is 0 Å². The highest BCUT2D eigenvalue weighted by Gasteiger charge is 2.29. The normalized spacial score (nSPS) is 17.6. The van der Waals surface area contributed by atoms with Gasteiger partial charge >= 0.3 is 0 Å². The number of hydrogen-bond donors (Lipinski definition) is 1. The molecule has 1 aliphatic rings. The fraction of sp³-hybridized carbons (Fsp3) is 0.353. The third kappa shape index (κ3) is 2.47. The van der Waals surface area contributed by atoms with Crippen molar-refractivity contribution in [3.05, 3.63) is 53.5 Å². The molecule has 0 bridgehead atoms. The molecule has 1 unspecified atom stereocenters. The van der Waals surface area contributed by atoms with E-state index in [4.69, 9.17) is 4.42 Å². The Balaban J connectivity index is 1.96. The molecule has 3 rings (SSSR count). The van der Waals surface area contributed by atoms with E-state index in [2.05, 4.69) is 18.3 Å². The standard InChI is InChI=1S/C17H20N2O2/c1-3-18-15-8-10-19(16-7-5-4-6-14(15)16)17(20)13-9-11-21-12(13)2/h4-7,9,11,15,18H,3,8,10H2,1-2H3. The second-order valence-electron chi connectivity index (χ2n) is 5.31. The molecule has 0 saturated heterocycles. The van der Waals surface area contributed by atoms with E-state index >= 15 is 0 Å². The topological polar surface area (TPSA) is 45.5 Å². The number of para-hydroxylation sites is 1. The van der Waals surface area contributed by atoms with Gasteiger partial charge in [-0.05, 0) is 37.6 Å². The fourth-order valence-electron chi connectivity index (χ4n) is 2.98. The number of benzene rings is 1. The Hall–Kier alpha value is -2.07. The predicted molar refractivity (Wildman–Crippen MR) is 82.6 cm³/mol. The van der Waals surface area contributed by atoms with Crippen LogP contribution in [0.5, 0.6) is 0 Å². The van der Waals surface area contributed by atoms with Gasteiger partial charge in [-0.2, -0.15) is 0 Å². The molecule has 21 heavy (non-hydrogen) atoms. The molecule has 0 saturated carbocycles. The predicted octanol–water partition coefficient (Wildman–Crippen LogP) is 3.29. The quantitative estimate of drug-likeness (QED) is 0.940. The largest absolute Gasteiger partial charge is 0.469 e. The van der Waals surface area contributed by atoms with Crippen molar-refractivity contribution in [2.45, 2.75) is 26.3 Å². The lowest BCUT2D eigenvalue weighted by molar-refractivity contribution is 0.0982. The fourth-order valence-corrected chi connectivity index (χ4v) is 2.98. The van der Waals surface area contributed by atoms with E-state index in [0.29, 0.717) is 17.4 Å². The van der Waals surface area contributed by atoms with Gasteiger partial charge in [-0.15, -0.1) is 0 Å². The monoisotopic (exact) mass is 284 g/mol. The average molecular weight is 284 g/mol. The van der Waals surface area contributed by atoms with Gasteiger partial charge in [0.05, 0.1) is 11.8 Å². The van der Waals surface area contributed by atoms with Crippen molar-refractivity contribution in [3.63, 3.8) is 0 Å². The average Bonchev–Trinajstić information content (AvgIpc) is 2.93. The number of carbonyl (C=O) groups is 1. The molecule has 1 N–H and O–H groups in total. The number of anilines is 1. The molecule has 1 atom stereocenters. The Labute approximate surface area is 124 Å². The Morgan fingerprint density at radius 2 is 2.19 bits per heavy atom. The van der Waals surface area contributed by atoms with Gasteiger partial charge < -0.3 is 14.6 Å². The first kappa shape index (κ1) is 13.9. The molecule has 4 heteroatoms. The van der Waals surface area contributed by atoms with Crippen molar-refractivity contribution in [2.75, 3.05) is 18.0 Å². The first-order chi connectivity index (χ1) is 10.2. The van der Waals surface area contributed by atoms with Crippen LogP contribution >= 0.6 is 0 Å². The lowest BCUT2D eigenvalue weighted by atomic mass is 9.95. The summed E-state index contributed by atoms with van der Waals surface area (Å²) in [5.41, 5.74) is 2.84. The molecule has 1 aromatic carbocycles. The summed E-state index contributed by atoms with van der Waals surface area (Å²) in [6.07, 6.45) is 2.49. The van der Waals surface area contributed by atoms with E-state index in [9.17, 15) is 4.79 Å². The van der Waals surface area contributed by atoms with Crippen LogP contribution in [0.25, 0.3) is 0 Å². The van der Waals surface area contributed by atoms with Crippen LogP contribution in [-0.2, 0) is 0 Å². The third-order valence-corrected chi connectivity index (χ3v) is 4.03. The van der Waals surface area contributed by atoms with Crippen LogP contribution < -0.4 is 10.2 Å². The molecule has 2 heterocycles. The second-order valence-corrected chi connectivity index (χ2v) is 5.31. The first-order valence-electron chi connectivity index (χ1n) is 7.40. The molecule has 1 aromatic heterocycles. The maximum atomic E-state index is 12.8. The van der Waals surface area contributed by atoms with Gasteiger partial charge in [0, 0.05) is 18.3 Å². The summed E-state index contributed by atoms with van der Waals surface area (Å²) in [5.74, 6) is 0.690. The number of nitrogens with one attached hydrogen (secondary N) is 1. The van der Waals surface area contributed by atoms with Gasteiger partial charge in [-0.25, -0.2) is 0 Å². The molecule has 1 amide bonds. The maximum absolute atomic E-state index is 12.8. The van der Waals surface area contributed by atoms with Crippen LogP contribution in [0.15, 0.2) is 41.0 Å². The Morgan fingerprint density at radius 3 is 2.90 bits per heavy atom. The Morgan fingerprint density at radius 1 is 1.38 bits per heavy atom. The molecule has 2 aromatic rings. The molecular weight excluding hydrogens is 264 g/mol. The molecule has 4 nitrogen and oxygen atoms in total. The van der Waals surface area contributed by atoms with Gasteiger partial charge in [0.15, 0.2) is 0 Å². The van der Waals surface area contributed by atoms with Crippen molar-refractivity contribution in [1.82, 2.24) is 5.32 Å². The number of hydrogen-bond acceptors (Lipinski definition) is 3. The van der Waals surface area contributed by atoms with E-state index in [1.54, 1.807) is 12.3 Å². The van der Waals surface area contributed by atoms with Crippen LogP contribution in [-0.4, -0.2) is 19.0 Å². The summed E-state index contributed by atoms with van der Waals surface area (Å²) in [7, 11) is 0. The van der Waals surface area contributed by atoms with E-state index in [1.165, 1.54) is 5.56 Å². The van der Waals surface area contributed by atoms with Crippen LogP contribution in [0.1, 0.15) is 41.1 Å². The van der Waals surface area contributed by atoms with Crippen LogP contribution in [0.2, 0.25) is 0 Å². The van der Waals surface area contributed by atoms with Gasteiger partial charge in [-0.1, -0.05) is 25.1 Å². The smallest absolute Gasteiger partial charge is 0.261 e. The van der Waals surface area contributed by atoms with Gasteiger partial charge in [0.2, 0.25) is 0 Å². The lowest BCUT2D eigenvalue weighted by Gasteiger charge is -2.34. The number of nitrogens with zero attached hydrogens (tertiary/aromatic N) is 1.